The van der Waals surface area contributed by atoms with Gasteiger partial charge in [0, 0.05) is 6.54 Å². The average Bonchev–Trinajstić information content (AvgIpc) is 2.85. The molecule has 0 amide bonds. The molecule has 7 heteroatoms. The number of sulfonamides is 1. The summed E-state index contributed by atoms with van der Waals surface area (Å²) in [5.74, 6) is 0. The number of hydrogen-bond acceptors (Lipinski definition) is 5. The lowest BCUT2D eigenvalue weighted by Gasteiger charge is -2.24. The molecule has 0 spiro atoms. The highest BCUT2D eigenvalue weighted by Crippen LogP contribution is 2.19. The van der Waals surface area contributed by atoms with Crippen molar-refractivity contribution in [1.29, 1.82) is 0 Å². The molecule has 1 aliphatic rings. The number of ether oxygens (including phenoxy) is 1. The SMILES string of the molecule is CCN(CC)C[C@@H]1OC[C@@H](NS(=O)(=O)c2ccc(C)cc2)[C@H]1O. The molecule has 0 radical (unpaired) electrons. The topological polar surface area (TPSA) is 78.9 Å². The third-order valence-electron chi connectivity index (χ3n) is 4.25. The number of hydrogen-bond donors (Lipinski definition) is 2. The molecule has 1 saturated heterocycles. The summed E-state index contributed by atoms with van der Waals surface area (Å²) in [6.45, 7) is 8.49. The standard InChI is InChI=1S/C16H26N2O4S/c1-4-18(5-2)10-15-16(19)14(11-22-15)17-23(20,21)13-8-6-12(3)7-9-13/h6-9,14-17,19H,4-5,10-11H2,1-3H3/t14-,15+,16-/m1/s1. The minimum atomic E-state index is -3.66. The first-order chi connectivity index (χ1) is 10.9. The zero-order valence-electron chi connectivity index (χ0n) is 13.9. The summed E-state index contributed by atoms with van der Waals surface area (Å²) >= 11 is 0. The van der Waals surface area contributed by atoms with Crippen LogP contribution in [0.15, 0.2) is 29.2 Å². The number of benzene rings is 1. The van der Waals surface area contributed by atoms with Crippen LogP contribution in [0.5, 0.6) is 0 Å². The second-order valence-corrected chi connectivity index (χ2v) is 7.60. The number of nitrogens with zero attached hydrogens (tertiary/aromatic N) is 1. The van der Waals surface area contributed by atoms with Gasteiger partial charge in [-0.15, -0.1) is 0 Å². The fraction of sp³-hybridized carbons (Fsp3) is 0.625. The Balaban J connectivity index is 2.02. The molecule has 1 aliphatic heterocycles. The lowest BCUT2D eigenvalue weighted by Crippen LogP contribution is -2.46. The second kappa shape index (κ2) is 7.72. The number of aliphatic hydroxyl groups is 1. The first-order valence-electron chi connectivity index (χ1n) is 7.98. The molecule has 0 unspecified atom stereocenters. The van der Waals surface area contributed by atoms with Gasteiger partial charge in [0.1, 0.15) is 0 Å². The first-order valence-corrected chi connectivity index (χ1v) is 9.46. The van der Waals surface area contributed by atoms with Gasteiger partial charge in [-0.1, -0.05) is 31.5 Å². The van der Waals surface area contributed by atoms with Gasteiger partial charge >= 0.3 is 0 Å². The van der Waals surface area contributed by atoms with Crippen LogP contribution in [0.3, 0.4) is 0 Å². The third-order valence-corrected chi connectivity index (χ3v) is 5.76. The smallest absolute Gasteiger partial charge is 0.240 e. The quantitative estimate of drug-likeness (QED) is 0.764. The molecular formula is C16H26N2O4S. The van der Waals surface area contributed by atoms with E-state index in [0.717, 1.165) is 18.7 Å². The second-order valence-electron chi connectivity index (χ2n) is 5.89. The molecule has 23 heavy (non-hydrogen) atoms. The maximum absolute atomic E-state index is 12.4. The van der Waals surface area contributed by atoms with E-state index in [4.69, 9.17) is 4.74 Å². The van der Waals surface area contributed by atoms with Crippen molar-refractivity contribution in [1.82, 2.24) is 9.62 Å². The Kier molecular flexibility index (Phi) is 6.16. The van der Waals surface area contributed by atoms with Gasteiger partial charge in [-0.25, -0.2) is 13.1 Å². The molecule has 1 heterocycles. The van der Waals surface area contributed by atoms with Crippen molar-refractivity contribution in [3.8, 4) is 0 Å². The predicted octanol–water partition coefficient (Wildman–Crippen LogP) is 0.743. The van der Waals surface area contributed by atoms with Gasteiger partial charge in [-0.2, -0.15) is 0 Å². The van der Waals surface area contributed by atoms with Crippen molar-refractivity contribution in [2.45, 2.75) is 43.9 Å². The van der Waals surface area contributed by atoms with Crippen LogP contribution in [0.1, 0.15) is 19.4 Å². The van der Waals surface area contributed by atoms with Gasteiger partial charge in [0.2, 0.25) is 10.0 Å². The van der Waals surface area contributed by atoms with E-state index in [0.29, 0.717) is 6.54 Å². The maximum atomic E-state index is 12.4. The van der Waals surface area contributed by atoms with E-state index in [1.165, 1.54) is 0 Å². The Hall–Kier alpha value is -0.990. The summed E-state index contributed by atoms with van der Waals surface area (Å²) in [5.41, 5.74) is 0.993. The molecule has 3 atom stereocenters. The van der Waals surface area contributed by atoms with Crippen molar-refractivity contribution >= 4 is 10.0 Å². The van der Waals surface area contributed by atoms with E-state index in [2.05, 4.69) is 9.62 Å². The number of aliphatic hydroxyl groups excluding tert-OH is 1. The Morgan fingerprint density at radius 1 is 1.26 bits per heavy atom. The fourth-order valence-corrected chi connectivity index (χ4v) is 3.91. The molecule has 0 saturated carbocycles. The summed E-state index contributed by atoms with van der Waals surface area (Å²) < 4.78 is 32.9. The van der Waals surface area contributed by atoms with Gasteiger partial charge in [0.05, 0.1) is 29.8 Å². The molecule has 2 rings (SSSR count). The molecule has 1 fully saturated rings. The van der Waals surface area contributed by atoms with Gasteiger partial charge in [-0.3, -0.25) is 0 Å². The first kappa shape index (κ1) is 18.4. The summed E-state index contributed by atoms with van der Waals surface area (Å²) in [5, 5.41) is 10.4. The van der Waals surface area contributed by atoms with E-state index in [-0.39, 0.29) is 17.6 Å². The van der Waals surface area contributed by atoms with Crippen molar-refractivity contribution < 1.29 is 18.3 Å². The number of likely N-dealkylation sites (N-methyl/N-ethyl adjacent to an activating group) is 1. The summed E-state index contributed by atoms with van der Waals surface area (Å²) in [4.78, 5) is 2.34. The Morgan fingerprint density at radius 2 is 1.87 bits per heavy atom. The van der Waals surface area contributed by atoms with Crippen LogP contribution in [-0.2, 0) is 14.8 Å². The van der Waals surface area contributed by atoms with Gasteiger partial charge in [-0.05, 0) is 32.1 Å². The summed E-state index contributed by atoms with van der Waals surface area (Å²) in [7, 11) is -3.66. The third kappa shape index (κ3) is 4.51. The monoisotopic (exact) mass is 342 g/mol. The van der Waals surface area contributed by atoms with Crippen molar-refractivity contribution in [3.63, 3.8) is 0 Å². The number of aryl methyl sites for hydroxylation is 1. The summed E-state index contributed by atoms with van der Waals surface area (Å²) in [6.07, 6.45) is -1.23. The minimum absolute atomic E-state index is 0.179. The Bertz CT molecular complexity index is 599. The minimum Gasteiger partial charge on any atom is -0.389 e. The van der Waals surface area contributed by atoms with E-state index in [1.54, 1.807) is 24.3 Å². The molecule has 0 aliphatic carbocycles. The molecule has 6 nitrogen and oxygen atoms in total. The predicted molar refractivity (Wildman–Crippen MR) is 88.8 cm³/mol. The van der Waals surface area contributed by atoms with Crippen molar-refractivity contribution in [2.24, 2.45) is 0 Å². The van der Waals surface area contributed by atoms with E-state index in [9.17, 15) is 13.5 Å². The van der Waals surface area contributed by atoms with Crippen LogP contribution in [0.4, 0.5) is 0 Å². The molecule has 1 aromatic rings. The lowest BCUT2D eigenvalue weighted by molar-refractivity contribution is 0.0175. The van der Waals surface area contributed by atoms with Crippen LogP contribution < -0.4 is 4.72 Å². The average molecular weight is 342 g/mol. The highest BCUT2D eigenvalue weighted by atomic mass is 32.2. The highest BCUT2D eigenvalue weighted by molar-refractivity contribution is 7.89. The van der Waals surface area contributed by atoms with E-state index >= 15 is 0 Å². The summed E-state index contributed by atoms with van der Waals surface area (Å²) in [6, 6.07) is 6.00. The fourth-order valence-electron chi connectivity index (χ4n) is 2.67. The normalized spacial score (nSPS) is 25.2. The van der Waals surface area contributed by atoms with Crippen LogP contribution in [0.25, 0.3) is 0 Å². The number of nitrogens with one attached hydrogen (secondary N) is 1. The van der Waals surface area contributed by atoms with E-state index < -0.39 is 22.2 Å². The molecule has 0 aromatic heterocycles. The maximum Gasteiger partial charge on any atom is 0.240 e. The molecule has 130 valence electrons. The van der Waals surface area contributed by atoms with Crippen LogP contribution in [0.2, 0.25) is 0 Å². The van der Waals surface area contributed by atoms with Crippen LogP contribution in [0, 0.1) is 6.92 Å². The van der Waals surface area contributed by atoms with Crippen molar-refractivity contribution in [3.05, 3.63) is 29.8 Å². The zero-order chi connectivity index (χ0) is 17.0. The van der Waals surface area contributed by atoms with Crippen LogP contribution in [-0.4, -0.2) is 62.9 Å². The molecule has 1 aromatic carbocycles. The Labute approximate surface area is 138 Å². The zero-order valence-corrected chi connectivity index (χ0v) is 14.7. The van der Waals surface area contributed by atoms with E-state index in [1.807, 2.05) is 20.8 Å². The Morgan fingerprint density at radius 3 is 2.43 bits per heavy atom. The molecule has 0 bridgehead atoms. The largest absolute Gasteiger partial charge is 0.389 e. The number of rotatable bonds is 7. The van der Waals surface area contributed by atoms with Gasteiger partial charge in [0.15, 0.2) is 0 Å². The highest BCUT2D eigenvalue weighted by Gasteiger charge is 2.38. The molecular weight excluding hydrogens is 316 g/mol. The van der Waals surface area contributed by atoms with Gasteiger partial charge < -0.3 is 14.7 Å². The molecule has 2 N–H and O–H groups in total. The van der Waals surface area contributed by atoms with Crippen LogP contribution >= 0.6 is 0 Å². The lowest BCUT2D eigenvalue weighted by atomic mass is 10.1. The van der Waals surface area contributed by atoms with Crippen molar-refractivity contribution in [2.75, 3.05) is 26.2 Å². The van der Waals surface area contributed by atoms with Gasteiger partial charge in [0.25, 0.3) is 0 Å².